The van der Waals surface area contributed by atoms with Crippen LogP contribution in [-0.2, 0) is 9.59 Å². The molecule has 0 saturated carbocycles. The molecule has 1 amide bonds. The van der Waals surface area contributed by atoms with Gasteiger partial charge in [-0.1, -0.05) is 44.4 Å². The number of thiazole rings is 1. The van der Waals surface area contributed by atoms with E-state index in [0.29, 0.717) is 34.4 Å². The standard InChI is InChI=1S/C29H30N4O4S/c1-4-5-6-7-16-37-21-12-10-20(11-13-21)24-22(26(35)28(36)33(24)29-30-14-17-38-29)25(34)23-19(3)32-15-8-9-18(2)27(32)31-23/h8-15,17,24,34H,4-7,16H2,1-3H3/b25-22+. The zero-order valence-corrected chi connectivity index (χ0v) is 22.5. The third-order valence-corrected chi connectivity index (χ3v) is 7.61. The molecule has 1 N–H and O–H groups in total. The van der Waals surface area contributed by atoms with Gasteiger partial charge in [-0.15, -0.1) is 11.3 Å². The van der Waals surface area contributed by atoms with Crippen molar-refractivity contribution in [2.24, 2.45) is 0 Å². The molecule has 4 heterocycles. The maximum atomic E-state index is 13.4. The third-order valence-electron chi connectivity index (χ3n) is 6.84. The first-order valence-corrected chi connectivity index (χ1v) is 13.7. The molecular formula is C29H30N4O4S. The van der Waals surface area contributed by atoms with Gasteiger partial charge in [0.2, 0.25) is 0 Å². The summed E-state index contributed by atoms with van der Waals surface area (Å²) >= 11 is 1.26. The summed E-state index contributed by atoms with van der Waals surface area (Å²) in [5.74, 6) is -1.10. The Kier molecular flexibility index (Phi) is 7.28. The van der Waals surface area contributed by atoms with E-state index in [1.165, 1.54) is 29.1 Å². The Balaban J connectivity index is 1.57. The number of pyridine rings is 1. The lowest BCUT2D eigenvalue weighted by atomic mass is 9.96. The van der Waals surface area contributed by atoms with Crippen molar-refractivity contribution in [3.8, 4) is 5.75 Å². The summed E-state index contributed by atoms with van der Waals surface area (Å²) in [6.45, 7) is 6.56. The summed E-state index contributed by atoms with van der Waals surface area (Å²) in [4.78, 5) is 37.0. The van der Waals surface area contributed by atoms with Crippen LogP contribution in [0.2, 0.25) is 0 Å². The molecule has 1 atom stereocenters. The van der Waals surface area contributed by atoms with Crippen molar-refractivity contribution in [1.82, 2.24) is 14.4 Å². The van der Waals surface area contributed by atoms with Crippen molar-refractivity contribution >= 4 is 39.6 Å². The minimum absolute atomic E-state index is 0.0115. The van der Waals surface area contributed by atoms with Crippen LogP contribution >= 0.6 is 11.3 Å². The number of unbranched alkanes of at least 4 members (excludes halogenated alkanes) is 3. The number of nitrogens with zero attached hydrogens (tertiary/aromatic N) is 4. The molecule has 8 nitrogen and oxygen atoms in total. The second kappa shape index (κ2) is 10.8. The Morgan fingerprint density at radius 2 is 1.89 bits per heavy atom. The maximum absolute atomic E-state index is 13.4. The first-order valence-electron chi connectivity index (χ1n) is 12.8. The Labute approximate surface area is 225 Å². The van der Waals surface area contributed by atoms with Crippen LogP contribution in [0.25, 0.3) is 11.4 Å². The number of aryl methyl sites for hydroxylation is 2. The normalized spacial score (nSPS) is 17.0. The van der Waals surface area contributed by atoms with Crippen molar-refractivity contribution in [3.63, 3.8) is 0 Å². The molecule has 5 rings (SSSR count). The van der Waals surface area contributed by atoms with Gasteiger partial charge in [-0.25, -0.2) is 9.97 Å². The zero-order chi connectivity index (χ0) is 26.8. The number of Topliss-reactive ketones (excluding diaryl/α,β-unsaturated/α-hetero) is 1. The summed E-state index contributed by atoms with van der Waals surface area (Å²) < 4.78 is 7.75. The second-order valence-corrected chi connectivity index (χ2v) is 10.3. The molecule has 38 heavy (non-hydrogen) atoms. The molecule has 196 valence electrons. The molecule has 4 aromatic rings. The van der Waals surface area contributed by atoms with E-state index in [0.717, 1.165) is 18.4 Å². The Morgan fingerprint density at radius 1 is 1.11 bits per heavy atom. The number of ketones is 1. The van der Waals surface area contributed by atoms with E-state index < -0.39 is 17.7 Å². The number of aliphatic hydroxyl groups is 1. The predicted octanol–water partition coefficient (Wildman–Crippen LogP) is 5.99. The largest absolute Gasteiger partial charge is 0.505 e. The molecule has 1 fully saturated rings. The molecule has 0 radical (unpaired) electrons. The number of fused-ring (bicyclic) bond motifs is 1. The van der Waals surface area contributed by atoms with Crippen LogP contribution in [0.1, 0.15) is 61.2 Å². The quantitative estimate of drug-likeness (QED) is 0.124. The van der Waals surface area contributed by atoms with E-state index in [-0.39, 0.29) is 17.0 Å². The van der Waals surface area contributed by atoms with Gasteiger partial charge in [0.25, 0.3) is 5.78 Å². The number of hydrogen-bond donors (Lipinski definition) is 1. The van der Waals surface area contributed by atoms with Crippen LogP contribution in [0.3, 0.4) is 0 Å². The topological polar surface area (TPSA) is 97.0 Å². The number of aliphatic hydroxyl groups excluding tert-OH is 1. The molecule has 1 aliphatic rings. The van der Waals surface area contributed by atoms with Gasteiger partial charge in [0.05, 0.1) is 23.9 Å². The average molecular weight is 531 g/mol. The lowest BCUT2D eigenvalue weighted by molar-refractivity contribution is -0.132. The van der Waals surface area contributed by atoms with Gasteiger partial charge in [-0.3, -0.25) is 14.5 Å². The number of imidazole rings is 1. The molecule has 1 aliphatic heterocycles. The Hall–Kier alpha value is -3.98. The second-order valence-electron chi connectivity index (χ2n) is 9.39. The zero-order valence-electron chi connectivity index (χ0n) is 21.7. The fraction of sp³-hybridized carbons (Fsp3) is 0.310. The summed E-state index contributed by atoms with van der Waals surface area (Å²) in [5.41, 5.74) is 3.21. The SMILES string of the molecule is CCCCCCOc1ccc(C2/C(=C(\O)c3nc4c(C)cccn4c3C)C(=O)C(=O)N2c2nccs2)cc1. The molecule has 1 saturated heterocycles. The molecule has 0 spiro atoms. The predicted molar refractivity (Wildman–Crippen MR) is 148 cm³/mol. The van der Waals surface area contributed by atoms with E-state index in [9.17, 15) is 14.7 Å². The summed E-state index contributed by atoms with van der Waals surface area (Å²) in [6, 6.07) is 10.3. The minimum Gasteiger partial charge on any atom is -0.505 e. The van der Waals surface area contributed by atoms with Crippen molar-refractivity contribution in [2.45, 2.75) is 52.5 Å². The first-order chi connectivity index (χ1) is 18.4. The first kappa shape index (κ1) is 25.7. The molecule has 1 unspecified atom stereocenters. The molecule has 0 aliphatic carbocycles. The van der Waals surface area contributed by atoms with Crippen LogP contribution in [0.4, 0.5) is 5.13 Å². The highest BCUT2D eigenvalue weighted by Crippen LogP contribution is 2.43. The van der Waals surface area contributed by atoms with Crippen LogP contribution in [0.5, 0.6) is 5.75 Å². The van der Waals surface area contributed by atoms with Crippen molar-refractivity contribution < 1.29 is 19.4 Å². The number of ether oxygens (including phenoxy) is 1. The lowest BCUT2D eigenvalue weighted by Gasteiger charge is -2.23. The highest BCUT2D eigenvalue weighted by atomic mass is 32.1. The van der Waals surface area contributed by atoms with Gasteiger partial charge in [0.1, 0.15) is 17.1 Å². The van der Waals surface area contributed by atoms with E-state index >= 15 is 0 Å². The van der Waals surface area contributed by atoms with Gasteiger partial charge >= 0.3 is 5.91 Å². The lowest BCUT2D eigenvalue weighted by Crippen LogP contribution is -2.29. The van der Waals surface area contributed by atoms with E-state index in [2.05, 4.69) is 16.9 Å². The van der Waals surface area contributed by atoms with Crippen molar-refractivity contribution in [3.05, 3.63) is 82.3 Å². The molecule has 1 aromatic carbocycles. The van der Waals surface area contributed by atoms with Gasteiger partial charge in [-0.05, 0) is 49.6 Å². The monoisotopic (exact) mass is 530 g/mol. The van der Waals surface area contributed by atoms with Crippen molar-refractivity contribution in [2.75, 3.05) is 11.5 Å². The Morgan fingerprint density at radius 3 is 2.58 bits per heavy atom. The van der Waals surface area contributed by atoms with Gasteiger partial charge in [-0.2, -0.15) is 0 Å². The van der Waals surface area contributed by atoms with E-state index in [1.54, 1.807) is 11.6 Å². The number of carbonyl (C=O) groups excluding carboxylic acids is 2. The number of amides is 1. The van der Waals surface area contributed by atoms with Crippen LogP contribution < -0.4 is 9.64 Å². The van der Waals surface area contributed by atoms with E-state index in [1.807, 2.05) is 60.8 Å². The summed E-state index contributed by atoms with van der Waals surface area (Å²) in [5, 5.41) is 13.7. The summed E-state index contributed by atoms with van der Waals surface area (Å²) in [6.07, 6.45) is 7.90. The fourth-order valence-electron chi connectivity index (χ4n) is 4.82. The summed E-state index contributed by atoms with van der Waals surface area (Å²) in [7, 11) is 0. The molecule has 3 aromatic heterocycles. The van der Waals surface area contributed by atoms with Crippen LogP contribution in [0, 0.1) is 13.8 Å². The minimum atomic E-state index is -0.856. The highest BCUT2D eigenvalue weighted by Gasteiger charge is 2.48. The average Bonchev–Trinajstić information content (AvgIpc) is 3.63. The number of rotatable bonds is 9. The smallest absolute Gasteiger partial charge is 0.301 e. The third kappa shape index (κ3) is 4.58. The number of carbonyl (C=O) groups is 2. The maximum Gasteiger partial charge on any atom is 0.301 e. The van der Waals surface area contributed by atoms with E-state index in [4.69, 9.17) is 4.74 Å². The molecular weight excluding hydrogens is 500 g/mol. The number of hydrogen-bond acceptors (Lipinski definition) is 7. The fourth-order valence-corrected chi connectivity index (χ4v) is 5.49. The Bertz CT molecular complexity index is 1510. The number of anilines is 1. The van der Waals surface area contributed by atoms with Gasteiger partial charge in [0.15, 0.2) is 10.9 Å². The van der Waals surface area contributed by atoms with Crippen molar-refractivity contribution in [1.29, 1.82) is 0 Å². The number of benzene rings is 1. The molecule has 9 heteroatoms. The highest BCUT2D eigenvalue weighted by molar-refractivity contribution is 7.14. The van der Waals surface area contributed by atoms with Crippen LogP contribution in [0.15, 0.2) is 59.7 Å². The molecule has 0 bridgehead atoms. The van der Waals surface area contributed by atoms with Gasteiger partial charge in [0, 0.05) is 17.8 Å². The van der Waals surface area contributed by atoms with Crippen LogP contribution in [-0.4, -0.2) is 37.8 Å². The number of aromatic nitrogens is 3. The van der Waals surface area contributed by atoms with Gasteiger partial charge < -0.3 is 14.2 Å².